The minimum Gasteiger partial charge on any atom is -0.387 e. The van der Waals surface area contributed by atoms with Gasteiger partial charge in [0.05, 0.1) is 10.6 Å². The second-order valence-corrected chi connectivity index (χ2v) is 4.73. The molecule has 1 aromatic rings. The maximum Gasteiger partial charge on any atom is 0.137 e. The van der Waals surface area contributed by atoms with Gasteiger partial charge in [-0.2, -0.15) is 0 Å². The van der Waals surface area contributed by atoms with Gasteiger partial charge in [0, 0.05) is 12.6 Å². The minimum atomic E-state index is -0.631. The zero-order valence-corrected chi connectivity index (χ0v) is 9.80. The first kappa shape index (κ1) is 11.0. The summed E-state index contributed by atoms with van der Waals surface area (Å²) in [4.78, 5) is 0. The van der Waals surface area contributed by atoms with Gasteiger partial charge in [-0.15, -0.1) is 0 Å². The molecule has 2 rings (SSSR count). The summed E-state index contributed by atoms with van der Waals surface area (Å²) in [6.07, 6.45) is 1.73. The van der Waals surface area contributed by atoms with Crippen LogP contribution in [0, 0.1) is 5.82 Å². The molecule has 1 aromatic carbocycles. The number of benzene rings is 1. The first-order valence-electron chi connectivity index (χ1n) is 5.03. The van der Waals surface area contributed by atoms with E-state index in [-0.39, 0.29) is 5.82 Å². The summed E-state index contributed by atoms with van der Waals surface area (Å²) in [6.45, 7) is 0.492. The summed E-state index contributed by atoms with van der Waals surface area (Å²) in [6, 6.07) is 5.26. The highest BCUT2D eigenvalue weighted by Gasteiger charge is 2.21. The molecule has 15 heavy (non-hydrogen) atoms. The van der Waals surface area contributed by atoms with Crippen molar-refractivity contribution in [1.29, 1.82) is 0 Å². The largest absolute Gasteiger partial charge is 0.387 e. The van der Waals surface area contributed by atoms with E-state index in [0.717, 1.165) is 0 Å². The van der Waals surface area contributed by atoms with Crippen molar-refractivity contribution in [3.05, 3.63) is 34.1 Å². The molecule has 1 fully saturated rings. The average Bonchev–Trinajstić information content (AvgIpc) is 3.02. The zero-order valence-electron chi connectivity index (χ0n) is 8.21. The molecule has 0 bridgehead atoms. The molecule has 4 heteroatoms. The lowest BCUT2D eigenvalue weighted by Crippen LogP contribution is -2.23. The monoisotopic (exact) mass is 273 g/mol. The van der Waals surface area contributed by atoms with Crippen LogP contribution >= 0.6 is 15.9 Å². The highest BCUT2D eigenvalue weighted by molar-refractivity contribution is 9.10. The Balaban J connectivity index is 1.97. The van der Waals surface area contributed by atoms with Gasteiger partial charge in [0.2, 0.25) is 0 Å². The van der Waals surface area contributed by atoms with E-state index in [2.05, 4.69) is 21.2 Å². The summed E-state index contributed by atoms with van der Waals surface area (Å²) in [5, 5.41) is 13.0. The number of hydrogen-bond acceptors (Lipinski definition) is 2. The lowest BCUT2D eigenvalue weighted by Gasteiger charge is -2.12. The van der Waals surface area contributed by atoms with Crippen molar-refractivity contribution < 1.29 is 9.50 Å². The van der Waals surface area contributed by atoms with Gasteiger partial charge < -0.3 is 10.4 Å². The molecular formula is C11H13BrFNO. The first-order chi connectivity index (χ1) is 7.16. The molecular weight excluding hydrogens is 261 g/mol. The smallest absolute Gasteiger partial charge is 0.137 e. The van der Waals surface area contributed by atoms with Crippen LogP contribution in [0.25, 0.3) is 0 Å². The number of nitrogens with one attached hydrogen (secondary N) is 1. The molecule has 0 saturated heterocycles. The van der Waals surface area contributed by atoms with Crippen LogP contribution in [0.15, 0.2) is 22.7 Å². The second-order valence-electron chi connectivity index (χ2n) is 3.87. The van der Waals surface area contributed by atoms with E-state index in [9.17, 15) is 9.50 Å². The second kappa shape index (κ2) is 4.60. The number of hydrogen-bond donors (Lipinski definition) is 2. The summed E-state index contributed by atoms with van der Waals surface area (Å²) >= 11 is 3.08. The molecule has 0 spiro atoms. The quantitative estimate of drug-likeness (QED) is 0.883. The Morgan fingerprint density at radius 3 is 2.87 bits per heavy atom. The Hall–Kier alpha value is -0.450. The molecule has 2 nitrogen and oxygen atoms in total. The van der Waals surface area contributed by atoms with E-state index in [0.29, 0.717) is 22.6 Å². The van der Waals surface area contributed by atoms with Crippen molar-refractivity contribution in [2.75, 3.05) is 6.54 Å². The van der Waals surface area contributed by atoms with Crippen molar-refractivity contribution >= 4 is 15.9 Å². The van der Waals surface area contributed by atoms with E-state index in [4.69, 9.17) is 0 Å². The Morgan fingerprint density at radius 1 is 1.53 bits per heavy atom. The van der Waals surface area contributed by atoms with Crippen LogP contribution in [0.2, 0.25) is 0 Å². The van der Waals surface area contributed by atoms with E-state index < -0.39 is 6.10 Å². The fraction of sp³-hybridized carbons (Fsp3) is 0.455. The van der Waals surface area contributed by atoms with Gasteiger partial charge in [0.25, 0.3) is 0 Å². The van der Waals surface area contributed by atoms with Gasteiger partial charge in [0.15, 0.2) is 0 Å². The first-order valence-corrected chi connectivity index (χ1v) is 5.82. The molecule has 2 N–H and O–H groups in total. The summed E-state index contributed by atoms with van der Waals surface area (Å²) < 4.78 is 13.6. The Kier molecular flexibility index (Phi) is 3.38. The third kappa shape index (κ3) is 3.00. The van der Waals surface area contributed by atoms with Gasteiger partial charge in [0.1, 0.15) is 5.82 Å². The molecule has 0 heterocycles. The highest BCUT2D eigenvalue weighted by Crippen LogP contribution is 2.22. The van der Waals surface area contributed by atoms with Gasteiger partial charge in [-0.1, -0.05) is 6.07 Å². The Morgan fingerprint density at radius 2 is 2.27 bits per heavy atom. The summed E-state index contributed by atoms with van der Waals surface area (Å²) in [5.41, 5.74) is 0.615. The van der Waals surface area contributed by atoms with Crippen LogP contribution < -0.4 is 5.32 Å². The van der Waals surface area contributed by atoms with Crippen LogP contribution in [-0.4, -0.2) is 17.7 Å². The van der Waals surface area contributed by atoms with Crippen molar-refractivity contribution in [2.45, 2.75) is 25.0 Å². The zero-order chi connectivity index (χ0) is 10.8. The van der Waals surface area contributed by atoms with Crippen LogP contribution in [0.4, 0.5) is 4.39 Å². The van der Waals surface area contributed by atoms with Crippen LogP contribution in [0.1, 0.15) is 24.5 Å². The minimum absolute atomic E-state index is 0.335. The van der Waals surface area contributed by atoms with Crippen LogP contribution in [-0.2, 0) is 0 Å². The fourth-order valence-electron chi connectivity index (χ4n) is 1.40. The third-order valence-electron chi connectivity index (χ3n) is 2.51. The normalized spacial score (nSPS) is 17.8. The maximum atomic E-state index is 13.2. The van der Waals surface area contributed by atoms with Crippen molar-refractivity contribution in [3.63, 3.8) is 0 Å². The lowest BCUT2D eigenvalue weighted by molar-refractivity contribution is 0.174. The molecule has 1 atom stereocenters. The van der Waals surface area contributed by atoms with Crippen molar-refractivity contribution in [1.82, 2.24) is 5.32 Å². The average molecular weight is 274 g/mol. The van der Waals surface area contributed by atoms with E-state index in [1.807, 2.05) is 0 Å². The molecule has 0 amide bonds. The molecule has 0 radical (unpaired) electrons. The molecule has 1 unspecified atom stereocenters. The molecule has 0 aliphatic heterocycles. The topological polar surface area (TPSA) is 32.3 Å². The van der Waals surface area contributed by atoms with Gasteiger partial charge >= 0.3 is 0 Å². The van der Waals surface area contributed by atoms with E-state index >= 15 is 0 Å². The molecule has 82 valence electrons. The molecule has 1 aliphatic carbocycles. The number of rotatable bonds is 4. The van der Waals surface area contributed by atoms with Crippen LogP contribution in [0.3, 0.4) is 0 Å². The third-order valence-corrected chi connectivity index (χ3v) is 3.15. The highest BCUT2D eigenvalue weighted by atomic mass is 79.9. The van der Waals surface area contributed by atoms with Crippen molar-refractivity contribution in [3.8, 4) is 0 Å². The van der Waals surface area contributed by atoms with Gasteiger partial charge in [-0.3, -0.25) is 0 Å². The molecule has 1 aliphatic rings. The van der Waals surface area contributed by atoms with E-state index in [1.54, 1.807) is 12.1 Å². The molecule has 0 aromatic heterocycles. The lowest BCUT2D eigenvalue weighted by atomic mass is 10.1. The summed E-state index contributed by atoms with van der Waals surface area (Å²) in [7, 11) is 0. The Labute approximate surface area is 96.6 Å². The SMILES string of the molecule is OC(CNC1CC1)c1ccc(Br)c(F)c1. The van der Waals surface area contributed by atoms with Gasteiger partial charge in [-0.05, 0) is 46.5 Å². The van der Waals surface area contributed by atoms with Crippen LogP contribution in [0.5, 0.6) is 0 Å². The van der Waals surface area contributed by atoms with E-state index in [1.165, 1.54) is 18.9 Å². The predicted octanol–water partition coefficient (Wildman–Crippen LogP) is 2.37. The number of aliphatic hydroxyl groups is 1. The fourth-order valence-corrected chi connectivity index (χ4v) is 1.65. The molecule has 1 saturated carbocycles. The standard InChI is InChI=1S/C11H13BrFNO/c12-9-4-1-7(5-10(9)13)11(15)6-14-8-2-3-8/h1,4-5,8,11,14-15H,2-3,6H2. The number of halogens is 2. The predicted molar refractivity (Wildman–Crippen MR) is 60.1 cm³/mol. The summed E-state index contributed by atoms with van der Waals surface area (Å²) in [5.74, 6) is -0.335. The maximum absolute atomic E-state index is 13.2. The Bertz CT molecular complexity index is 354. The van der Waals surface area contributed by atoms with Crippen molar-refractivity contribution in [2.24, 2.45) is 0 Å². The number of aliphatic hydroxyl groups excluding tert-OH is 1. The van der Waals surface area contributed by atoms with Gasteiger partial charge in [-0.25, -0.2) is 4.39 Å².